The van der Waals surface area contributed by atoms with Crippen LogP contribution in [0.15, 0.2) is 47.0 Å². The van der Waals surface area contributed by atoms with Crippen LogP contribution in [0, 0.1) is 0 Å². The molecule has 1 aromatic heterocycles. The molecule has 22 heavy (non-hydrogen) atoms. The molecule has 3 rings (SSSR count). The van der Waals surface area contributed by atoms with Crippen LogP contribution >= 0.6 is 34.8 Å². The van der Waals surface area contributed by atoms with E-state index in [-0.39, 0.29) is 6.61 Å². The maximum Gasteiger partial charge on any atom is 0.173 e. The summed E-state index contributed by atoms with van der Waals surface area (Å²) >= 11 is 18.4. The molecule has 6 heteroatoms. The highest BCUT2D eigenvalue weighted by molar-refractivity contribution is 6.39. The van der Waals surface area contributed by atoms with Crippen molar-refractivity contribution in [1.82, 2.24) is 5.16 Å². The highest BCUT2D eigenvalue weighted by Crippen LogP contribution is 2.39. The van der Waals surface area contributed by atoms with E-state index in [0.717, 1.165) is 5.56 Å². The number of aromatic nitrogens is 1. The van der Waals surface area contributed by atoms with Crippen molar-refractivity contribution in [1.29, 1.82) is 0 Å². The second-order valence-corrected chi connectivity index (χ2v) is 5.85. The van der Waals surface area contributed by atoms with E-state index in [4.69, 9.17) is 39.3 Å². The first kappa shape index (κ1) is 15.4. The molecule has 0 aliphatic rings. The lowest BCUT2D eigenvalue weighted by atomic mass is 10.0. The molecule has 0 atom stereocenters. The lowest BCUT2D eigenvalue weighted by molar-refractivity contribution is 0.281. The highest BCUT2D eigenvalue weighted by atomic mass is 35.5. The molecule has 0 saturated heterocycles. The number of benzene rings is 2. The zero-order valence-corrected chi connectivity index (χ0v) is 13.5. The largest absolute Gasteiger partial charge is 0.391 e. The van der Waals surface area contributed by atoms with Crippen molar-refractivity contribution in [3.63, 3.8) is 0 Å². The van der Waals surface area contributed by atoms with Gasteiger partial charge in [-0.2, -0.15) is 0 Å². The molecule has 3 aromatic rings. The Labute approximate surface area is 142 Å². The summed E-state index contributed by atoms with van der Waals surface area (Å²) in [5.74, 6) is 0.441. The summed E-state index contributed by atoms with van der Waals surface area (Å²) in [6.45, 7) is -0.262. The summed E-state index contributed by atoms with van der Waals surface area (Å²) in [6.07, 6.45) is 0. The van der Waals surface area contributed by atoms with E-state index < -0.39 is 0 Å². The van der Waals surface area contributed by atoms with Gasteiger partial charge in [-0.3, -0.25) is 0 Å². The molecule has 3 nitrogen and oxygen atoms in total. The van der Waals surface area contributed by atoms with Crippen LogP contribution in [0.2, 0.25) is 15.1 Å². The van der Waals surface area contributed by atoms with Crippen molar-refractivity contribution in [2.24, 2.45) is 0 Å². The molecule has 0 fully saturated rings. The summed E-state index contributed by atoms with van der Waals surface area (Å²) in [5.41, 5.74) is 2.19. The minimum Gasteiger partial charge on any atom is -0.391 e. The number of hydrogen-bond acceptors (Lipinski definition) is 3. The number of nitrogens with zero attached hydrogens (tertiary/aromatic N) is 1. The zero-order valence-electron chi connectivity index (χ0n) is 11.2. The molecule has 0 aliphatic heterocycles. The summed E-state index contributed by atoms with van der Waals surface area (Å²) in [5, 5.41) is 15.2. The minimum atomic E-state index is -0.262. The second kappa shape index (κ2) is 6.31. The van der Waals surface area contributed by atoms with E-state index in [2.05, 4.69) is 5.16 Å². The lowest BCUT2D eigenvalue weighted by Gasteiger charge is -2.05. The van der Waals surface area contributed by atoms with Crippen LogP contribution in [0.5, 0.6) is 0 Å². The van der Waals surface area contributed by atoms with E-state index in [1.165, 1.54) is 0 Å². The minimum absolute atomic E-state index is 0.262. The number of aliphatic hydroxyl groups excluding tert-OH is 1. The van der Waals surface area contributed by atoms with Crippen LogP contribution in [-0.4, -0.2) is 10.3 Å². The Bertz CT molecular complexity index is 810. The summed E-state index contributed by atoms with van der Waals surface area (Å²) in [4.78, 5) is 0. The Morgan fingerprint density at radius 3 is 2.32 bits per heavy atom. The van der Waals surface area contributed by atoms with E-state index in [1.807, 2.05) is 6.07 Å². The molecule has 2 aromatic carbocycles. The van der Waals surface area contributed by atoms with Gasteiger partial charge >= 0.3 is 0 Å². The van der Waals surface area contributed by atoms with Gasteiger partial charge in [-0.1, -0.05) is 58.2 Å². The third kappa shape index (κ3) is 2.73. The standard InChI is InChI=1S/C16H10Cl3NO2/c17-10-4-1-3-9(7-10)16-11(8-21)15(20-22-16)14-12(18)5-2-6-13(14)19/h1-7,21H,8H2. The molecule has 0 amide bonds. The van der Waals surface area contributed by atoms with Gasteiger partial charge in [0, 0.05) is 16.1 Å². The van der Waals surface area contributed by atoms with Crippen LogP contribution in [0.1, 0.15) is 5.56 Å². The molecule has 0 saturated carbocycles. The van der Waals surface area contributed by atoms with Crippen molar-refractivity contribution < 1.29 is 9.63 Å². The smallest absolute Gasteiger partial charge is 0.173 e. The van der Waals surface area contributed by atoms with Crippen LogP contribution in [0.4, 0.5) is 0 Å². The van der Waals surface area contributed by atoms with Crippen molar-refractivity contribution in [2.75, 3.05) is 0 Å². The first-order valence-electron chi connectivity index (χ1n) is 6.41. The molecule has 0 aliphatic carbocycles. The first-order valence-corrected chi connectivity index (χ1v) is 7.55. The van der Waals surface area contributed by atoms with Gasteiger partial charge < -0.3 is 9.63 Å². The topological polar surface area (TPSA) is 46.3 Å². The van der Waals surface area contributed by atoms with Gasteiger partial charge in [0.25, 0.3) is 0 Å². The van der Waals surface area contributed by atoms with E-state index >= 15 is 0 Å². The summed E-state index contributed by atoms with van der Waals surface area (Å²) in [7, 11) is 0. The number of halogens is 3. The van der Waals surface area contributed by atoms with Crippen LogP contribution in [0.25, 0.3) is 22.6 Å². The van der Waals surface area contributed by atoms with Gasteiger partial charge in [-0.25, -0.2) is 0 Å². The van der Waals surface area contributed by atoms with Crippen LogP contribution < -0.4 is 0 Å². The van der Waals surface area contributed by atoms with Gasteiger partial charge in [0.1, 0.15) is 5.69 Å². The first-order chi connectivity index (χ1) is 10.6. The van der Waals surface area contributed by atoms with Crippen molar-refractivity contribution in [2.45, 2.75) is 6.61 Å². The lowest BCUT2D eigenvalue weighted by Crippen LogP contribution is -1.90. The van der Waals surface area contributed by atoms with Crippen molar-refractivity contribution in [3.05, 3.63) is 63.1 Å². The molecule has 0 radical (unpaired) electrons. The zero-order chi connectivity index (χ0) is 15.7. The predicted octanol–water partition coefficient (Wildman–Crippen LogP) is 5.46. The monoisotopic (exact) mass is 353 g/mol. The van der Waals surface area contributed by atoms with Crippen molar-refractivity contribution >= 4 is 34.8 Å². The van der Waals surface area contributed by atoms with Crippen LogP contribution in [-0.2, 0) is 6.61 Å². The molecule has 1 N–H and O–H groups in total. The average Bonchev–Trinajstić information content (AvgIpc) is 2.90. The molecular formula is C16H10Cl3NO2. The van der Waals surface area contributed by atoms with E-state index in [9.17, 15) is 5.11 Å². The van der Waals surface area contributed by atoms with Gasteiger partial charge in [0.2, 0.25) is 0 Å². The number of hydrogen-bond donors (Lipinski definition) is 1. The molecule has 1 heterocycles. The molecule has 0 unspecified atom stereocenters. The third-order valence-electron chi connectivity index (χ3n) is 3.23. The SMILES string of the molecule is OCc1c(-c2c(Cl)cccc2Cl)noc1-c1cccc(Cl)c1. The Kier molecular flexibility index (Phi) is 4.41. The van der Waals surface area contributed by atoms with E-state index in [0.29, 0.717) is 37.6 Å². The Hall–Kier alpha value is -1.52. The molecule has 0 bridgehead atoms. The maximum absolute atomic E-state index is 9.74. The van der Waals surface area contributed by atoms with Crippen molar-refractivity contribution in [3.8, 4) is 22.6 Å². The van der Waals surface area contributed by atoms with Gasteiger partial charge in [0.05, 0.1) is 22.2 Å². The molecular weight excluding hydrogens is 345 g/mol. The summed E-state index contributed by atoms with van der Waals surface area (Å²) < 4.78 is 5.41. The fraction of sp³-hybridized carbons (Fsp3) is 0.0625. The Morgan fingerprint density at radius 2 is 1.68 bits per heavy atom. The fourth-order valence-electron chi connectivity index (χ4n) is 2.23. The normalized spacial score (nSPS) is 10.9. The van der Waals surface area contributed by atoms with Crippen LogP contribution in [0.3, 0.4) is 0 Å². The van der Waals surface area contributed by atoms with Gasteiger partial charge in [0.15, 0.2) is 5.76 Å². The highest BCUT2D eigenvalue weighted by Gasteiger charge is 2.22. The predicted molar refractivity (Wildman–Crippen MR) is 88.3 cm³/mol. The molecule has 112 valence electrons. The maximum atomic E-state index is 9.74. The van der Waals surface area contributed by atoms with Gasteiger partial charge in [-0.05, 0) is 24.3 Å². The number of aliphatic hydroxyl groups is 1. The fourth-order valence-corrected chi connectivity index (χ4v) is 3.00. The quantitative estimate of drug-likeness (QED) is 0.679. The summed E-state index contributed by atoms with van der Waals surface area (Å²) in [6, 6.07) is 12.3. The third-order valence-corrected chi connectivity index (χ3v) is 4.10. The number of rotatable bonds is 3. The average molecular weight is 355 g/mol. The second-order valence-electron chi connectivity index (χ2n) is 4.60. The molecule has 0 spiro atoms. The Morgan fingerprint density at radius 1 is 1.00 bits per heavy atom. The Balaban J connectivity index is 2.20. The van der Waals surface area contributed by atoms with Gasteiger partial charge in [-0.15, -0.1) is 0 Å². The van der Waals surface area contributed by atoms with E-state index in [1.54, 1.807) is 36.4 Å².